The largest absolute Gasteiger partial charge is 0.390 e. The number of carbonyl (C=O) groups is 1. The fraction of sp³-hybridized carbons (Fsp3) is 0.615. The molecule has 0 spiro atoms. The number of hydrogen-bond acceptors (Lipinski definition) is 5. The van der Waals surface area contributed by atoms with Crippen LogP contribution in [0.15, 0.2) is 15.8 Å². The maximum absolute atomic E-state index is 11.8. The van der Waals surface area contributed by atoms with Gasteiger partial charge < -0.3 is 15.2 Å². The number of rotatable bonds is 5. The number of H-pyrrole nitrogens is 1. The molecule has 9 heteroatoms. The van der Waals surface area contributed by atoms with Gasteiger partial charge in [-0.2, -0.15) is 0 Å². The summed E-state index contributed by atoms with van der Waals surface area (Å²) < 4.78 is 6.95. The molecule has 122 valence electrons. The number of amides is 1. The van der Waals surface area contributed by atoms with E-state index in [1.165, 1.54) is 10.8 Å². The molecule has 8 nitrogen and oxygen atoms in total. The summed E-state index contributed by atoms with van der Waals surface area (Å²) in [6.45, 7) is 1.96. The second kappa shape index (κ2) is 7.21. The second-order valence-electron chi connectivity index (χ2n) is 5.18. The molecule has 1 fully saturated rings. The van der Waals surface area contributed by atoms with Crippen LogP contribution in [0.4, 0.5) is 0 Å². The van der Waals surface area contributed by atoms with Crippen molar-refractivity contribution in [2.75, 3.05) is 11.9 Å². The van der Waals surface area contributed by atoms with Gasteiger partial charge in [-0.25, -0.2) is 4.79 Å². The number of aryl methyl sites for hydroxylation is 1. The predicted molar refractivity (Wildman–Crippen MR) is 82.0 cm³/mol. The Morgan fingerprint density at radius 2 is 2.32 bits per heavy atom. The molecule has 1 aliphatic rings. The number of aromatic nitrogens is 2. The summed E-state index contributed by atoms with van der Waals surface area (Å²) in [5.41, 5.74) is -0.611. The second-order valence-corrected chi connectivity index (χ2v) is 5.74. The third-order valence-corrected chi connectivity index (χ3v) is 4.04. The van der Waals surface area contributed by atoms with Crippen LogP contribution in [0.5, 0.6) is 0 Å². The molecular weight excluding hydrogens is 358 g/mol. The minimum atomic E-state index is -0.731. The van der Waals surface area contributed by atoms with Crippen LogP contribution >= 0.6 is 15.9 Å². The van der Waals surface area contributed by atoms with Gasteiger partial charge in [-0.1, -0.05) is 15.9 Å². The van der Waals surface area contributed by atoms with Crippen LogP contribution < -0.4 is 16.6 Å². The van der Waals surface area contributed by atoms with Crippen molar-refractivity contribution in [3.05, 3.63) is 32.6 Å². The van der Waals surface area contributed by atoms with Gasteiger partial charge in [0.1, 0.15) is 6.23 Å². The minimum absolute atomic E-state index is 0.142. The van der Waals surface area contributed by atoms with E-state index in [0.29, 0.717) is 18.5 Å². The van der Waals surface area contributed by atoms with Crippen molar-refractivity contribution in [2.45, 2.75) is 38.2 Å². The van der Waals surface area contributed by atoms with Crippen molar-refractivity contribution in [1.82, 2.24) is 14.9 Å². The molecular formula is C13H18BrN3O5. The van der Waals surface area contributed by atoms with Gasteiger partial charge in [0.05, 0.1) is 17.5 Å². The Morgan fingerprint density at radius 3 is 3.00 bits per heavy atom. The minimum Gasteiger partial charge on any atom is -0.390 e. The van der Waals surface area contributed by atoms with Gasteiger partial charge in [0.25, 0.3) is 5.56 Å². The first-order valence-electron chi connectivity index (χ1n) is 6.90. The van der Waals surface area contributed by atoms with Gasteiger partial charge in [0.15, 0.2) is 0 Å². The number of alkyl halides is 1. The zero-order valence-electron chi connectivity index (χ0n) is 12.0. The fourth-order valence-corrected chi connectivity index (χ4v) is 2.55. The van der Waals surface area contributed by atoms with E-state index in [1.807, 2.05) is 0 Å². The summed E-state index contributed by atoms with van der Waals surface area (Å²) in [6.07, 6.45) is 0.281. The Kier molecular flexibility index (Phi) is 5.54. The number of nitrogens with one attached hydrogen (secondary N) is 2. The lowest BCUT2D eigenvalue weighted by Crippen LogP contribution is -2.33. The number of hydrogen-bond donors (Lipinski definition) is 3. The third kappa shape index (κ3) is 3.84. The number of aliphatic hydroxyl groups excluding tert-OH is 1. The van der Waals surface area contributed by atoms with E-state index in [1.54, 1.807) is 6.92 Å². The molecule has 1 aromatic heterocycles. The predicted octanol–water partition coefficient (Wildman–Crippen LogP) is -0.605. The molecule has 1 saturated heterocycles. The molecule has 1 amide bonds. The molecule has 0 radical (unpaired) electrons. The Morgan fingerprint density at radius 1 is 1.59 bits per heavy atom. The molecule has 0 aliphatic carbocycles. The first-order chi connectivity index (χ1) is 10.4. The van der Waals surface area contributed by atoms with Gasteiger partial charge in [-0.05, 0) is 13.3 Å². The third-order valence-electron chi connectivity index (χ3n) is 3.53. The smallest absolute Gasteiger partial charge is 0.330 e. The Hall–Kier alpha value is -1.45. The zero-order chi connectivity index (χ0) is 16.3. The molecule has 1 aliphatic heterocycles. The topological polar surface area (TPSA) is 113 Å². The summed E-state index contributed by atoms with van der Waals surface area (Å²) in [5, 5.41) is 12.9. The average molecular weight is 376 g/mol. The van der Waals surface area contributed by atoms with E-state index in [-0.39, 0.29) is 17.7 Å². The summed E-state index contributed by atoms with van der Waals surface area (Å²) >= 11 is 3.04. The van der Waals surface area contributed by atoms with E-state index in [9.17, 15) is 19.5 Å². The molecule has 2 heterocycles. The Balaban J connectivity index is 2.01. The van der Waals surface area contributed by atoms with Crippen LogP contribution in [0.1, 0.15) is 24.6 Å². The molecule has 3 N–H and O–H groups in total. The lowest BCUT2D eigenvalue weighted by atomic mass is 10.1. The van der Waals surface area contributed by atoms with E-state index in [0.717, 1.165) is 0 Å². The van der Waals surface area contributed by atoms with E-state index in [2.05, 4.69) is 26.2 Å². The highest BCUT2D eigenvalue weighted by Crippen LogP contribution is 2.29. The lowest BCUT2D eigenvalue weighted by molar-refractivity contribution is -0.118. The quantitative estimate of drug-likeness (QED) is 0.594. The zero-order valence-corrected chi connectivity index (χ0v) is 13.6. The maximum Gasteiger partial charge on any atom is 0.330 e. The molecule has 0 aromatic carbocycles. The lowest BCUT2D eigenvalue weighted by Gasteiger charge is -2.16. The molecule has 2 rings (SSSR count). The van der Waals surface area contributed by atoms with E-state index in [4.69, 9.17) is 4.74 Å². The first kappa shape index (κ1) is 16.9. The van der Waals surface area contributed by atoms with Gasteiger partial charge >= 0.3 is 5.69 Å². The normalized spacial score (nSPS) is 24.4. The van der Waals surface area contributed by atoms with Crippen LogP contribution in [-0.4, -0.2) is 44.6 Å². The van der Waals surface area contributed by atoms with Crippen LogP contribution in [0, 0.1) is 6.92 Å². The molecule has 0 unspecified atom stereocenters. The van der Waals surface area contributed by atoms with Crippen molar-refractivity contribution in [3.63, 3.8) is 0 Å². The number of ether oxygens (including phenoxy) is 1. The SMILES string of the molecule is Cc1cn([C@H]2C[C@H](O)[C@@H](CCNC(=O)CBr)O2)c(=O)[nH]c1=O. The Labute approximate surface area is 134 Å². The highest BCUT2D eigenvalue weighted by Gasteiger charge is 2.35. The van der Waals surface area contributed by atoms with Gasteiger partial charge in [0.2, 0.25) is 5.91 Å². The molecule has 22 heavy (non-hydrogen) atoms. The number of aromatic amines is 1. The highest BCUT2D eigenvalue weighted by molar-refractivity contribution is 9.09. The van der Waals surface area contributed by atoms with Crippen LogP contribution in [0.25, 0.3) is 0 Å². The van der Waals surface area contributed by atoms with Crippen LogP contribution in [0.2, 0.25) is 0 Å². The first-order valence-corrected chi connectivity index (χ1v) is 8.02. The standard InChI is InChI=1S/C13H18BrN3O5/c1-7-6-17(13(21)16-12(7)20)11-4-8(18)9(22-11)2-3-15-10(19)5-14/h6,8-9,11,18H,2-5H2,1H3,(H,15,19)(H,16,20,21)/t8-,9+,11+/m0/s1. The van der Waals surface area contributed by atoms with Crippen LogP contribution in [0.3, 0.4) is 0 Å². The van der Waals surface area contributed by atoms with Crippen molar-refractivity contribution in [1.29, 1.82) is 0 Å². The van der Waals surface area contributed by atoms with Crippen molar-refractivity contribution in [3.8, 4) is 0 Å². The van der Waals surface area contributed by atoms with Crippen LogP contribution in [-0.2, 0) is 9.53 Å². The van der Waals surface area contributed by atoms with Gasteiger partial charge in [-0.15, -0.1) is 0 Å². The van der Waals surface area contributed by atoms with Gasteiger partial charge in [-0.3, -0.25) is 19.1 Å². The van der Waals surface area contributed by atoms with E-state index >= 15 is 0 Å². The average Bonchev–Trinajstić information content (AvgIpc) is 2.83. The number of aliphatic hydroxyl groups is 1. The number of halogens is 1. The monoisotopic (exact) mass is 375 g/mol. The van der Waals surface area contributed by atoms with Crippen molar-refractivity contribution >= 4 is 21.8 Å². The van der Waals surface area contributed by atoms with Crippen molar-refractivity contribution < 1.29 is 14.6 Å². The number of carbonyl (C=O) groups excluding carboxylic acids is 1. The fourth-order valence-electron chi connectivity index (χ4n) is 2.35. The molecule has 1 aromatic rings. The van der Waals surface area contributed by atoms with Crippen molar-refractivity contribution in [2.24, 2.45) is 0 Å². The summed E-state index contributed by atoms with van der Waals surface area (Å²) in [7, 11) is 0. The maximum atomic E-state index is 11.8. The summed E-state index contributed by atoms with van der Waals surface area (Å²) in [5.74, 6) is -0.142. The molecule has 0 saturated carbocycles. The summed E-state index contributed by atoms with van der Waals surface area (Å²) in [6, 6.07) is 0. The van der Waals surface area contributed by atoms with E-state index < -0.39 is 29.7 Å². The molecule has 3 atom stereocenters. The summed E-state index contributed by atoms with van der Waals surface area (Å²) in [4.78, 5) is 36.5. The number of nitrogens with zero attached hydrogens (tertiary/aromatic N) is 1. The Bertz CT molecular complexity index is 656. The molecule has 0 bridgehead atoms. The highest BCUT2D eigenvalue weighted by atomic mass is 79.9. The van der Waals surface area contributed by atoms with Gasteiger partial charge in [0, 0.05) is 24.7 Å².